The molecule has 1 aliphatic heterocycles. The Morgan fingerprint density at radius 3 is 2.87 bits per heavy atom. The van der Waals surface area contributed by atoms with Gasteiger partial charge in [0.15, 0.2) is 5.69 Å². The van der Waals surface area contributed by atoms with Crippen LogP contribution in [-0.2, 0) is 11.2 Å². The zero-order chi connectivity index (χ0) is 21.2. The zero-order valence-electron chi connectivity index (χ0n) is 17.5. The van der Waals surface area contributed by atoms with Gasteiger partial charge in [0.25, 0.3) is 5.91 Å². The van der Waals surface area contributed by atoms with E-state index in [9.17, 15) is 4.79 Å². The number of rotatable bonds is 5. The molecule has 1 amide bonds. The van der Waals surface area contributed by atoms with Gasteiger partial charge in [-0.25, -0.2) is 4.68 Å². The largest absolute Gasteiger partial charge is 0.379 e. The van der Waals surface area contributed by atoms with Crippen LogP contribution in [0.1, 0.15) is 47.8 Å². The van der Waals surface area contributed by atoms with E-state index in [-0.39, 0.29) is 30.0 Å². The number of benzene rings is 1. The van der Waals surface area contributed by atoms with Gasteiger partial charge in [-0.05, 0) is 49.8 Å². The molecular weight excluding hydrogens is 392 g/mol. The van der Waals surface area contributed by atoms with E-state index in [1.165, 1.54) is 5.56 Å². The highest BCUT2D eigenvalue weighted by Crippen LogP contribution is 2.27. The summed E-state index contributed by atoms with van der Waals surface area (Å²) >= 11 is 0. The summed E-state index contributed by atoms with van der Waals surface area (Å²) < 4.78 is 7.54. The maximum absolute atomic E-state index is 12.8. The molecule has 8 nitrogen and oxygen atoms in total. The second-order valence-electron chi connectivity index (χ2n) is 8.72. The van der Waals surface area contributed by atoms with E-state index in [1.807, 2.05) is 29.1 Å². The summed E-state index contributed by atoms with van der Waals surface area (Å²) in [6.45, 7) is 1.13. The van der Waals surface area contributed by atoms with E-state index < -0.39 is 0 Å². The summed E-state index contributed by atoms with van der Waals surface area (Å²) in [5, 5.41) is 12.6. The number of carbonyl (C=O) groups excluding carboxylic acids is 1. The average molecular weight is 421 g/mol. The van der Waals surface area contributed by atoms with Crippen molar-refractivity contribution in [1.82, 2.24) is 25.3 Å². The van der Waals surface area contributed by atoms with Gasteiger partial charge in [0.05, 0.1) is 37.0 Å². The van der Waals surface area contributed by atoms with Gasteiger partial charge in [-0.3, -0.25) is 9.78 Å². The molecule has 5 rings (SSSR count). The topological polar surface area (TPSA) is 108 Å². The predicted molar refractivity (Wildman–Crippen MR) is 117 cm³/mol. The molecule has 1 saturated heterocycles. The van der Waals surface area contributed by atoms with Crippen molar-refractivity contribution in [2.24, 2.45) is 11.7 Å². The summed E-state index contributed by atoms with van der Waals surface area (Å²) in [6, 6.07) is 10.7. The molecule has 3 heterocycles. The van der Waals surface area contributed by atoms with Crippen LogP contribution in [0, 0.1) is 5.92 Å². The van der Waals surface area contributed by atoms with Crippen molar-refractivity contribution in [3.8, 4) is 0 Å². The van der Waals surface area contributed by atoms with Crippen LogP contribution in [0.4, 0.5) is 0 Å². The lowest BCUT2D eigenvalue weighted by atomic mass is 9.92. The van der Waals surface area contributed by atoms with E-state index in [0.29, 0.717) is 18.9 Å². The molecule has 0 spiro atoms. The van der Waals surface area contributed by atoms with Gasteiger partial charge in [-0.2, -0.15) is 0 Å². The molecule has 2 aromatic heterocycles. The van der Waals surface area contributed by atoms with Crippen molar-refractivity contribution in [3.05, 3.63) is 54.0 Å². The number of ether oxygens (including phenoxy) is 1. The fourth-order valence-corrected chi connectivity index (χ4v) is 4.74. The van der Waals surface area contributed by atoms with Gasteiger partial charge < -0.3 is 15.8 Å². The number of nitrogens with two attached hydrogens (primary N) is 1. The fourth-order valence-electron chi connectivity index (χ4n) is 4.74. The predicted octanol–water partition coefficient (Wildman–Crippen LogP) is 2.26. The Bertz CT molecular complexity index is 1050. The maximum Gasteiger partial charge on any atom is 0.273 e. The SMILES string of the molecule is NC1CCC(n2cc(C(=O)N[C@H]3COC[C@H]3Cc3ccnc4ccccc34)nn2)CC1. The van der Waals surface area contributed by atoms with Gasteiger partial charge in [-0.1, -0.05) is 23.4 Å². The van der Waals surface area contributed by atoms with Crippen molar-refractivity contribution < 1.29 is 9.53 Å². The van der Waals surface area contributed by atoms with E-state index in [2.05, 4.69) is 32.7 Å². The van der Waals surface area contributed by atoms with Gasteiger partial charge in [0.2, 0.25) is 0 Å². The lowest BCUT2D eigenvalue weighted by molar-refractivity contribution is 0.0920. The van der Waals surface area contributed by atoms with E-state index in [4.69, 9.17) is 10.5 Å². The molecule has 1 aromatic carbocycles. The molecule has 0 unspecified atom stereocenters. The molecule has 31 heavy (non-hydrogen) atoms. The Morgan fingerprint density at radius 2 is 2.00 bits per heavy atom. The van der Waals surface area contributed by atoms with Crippen molar-refractivity contribution in [2.45, 2.75) is 50.2 Å². The van der Waals surface area contributed by atoms with Gasteiger partial charge in [0.1, 0.15) is 0 Å². The van der Waals surface area contributed by atoms with Crippen LogP contribution < -0.4 is 11.1 Å². The Hall–Kier alpha value is -2.84. The number of nitrogens with zero attached hydrogens (tertiary/aromatic N) is 4. The Morgan fingerprint density at radius 1 is 1.16 bits per heavy atom. The van der Waals surface area contributed by atoms with Gasteiger partial charge in [-0.15, -0.1) is 5.10 Å². The second kappa shape index (κ2) is 8.72. The second-order valence-corrected chi connectivity index (χ2v) is 8.72. The molecule has 2 atom stereocenters. The van der Waals surface area contributed by atoms with Crippen LogP contribution in [0.25, 0.3) is 10.9 Å². The van der Waals surface area contributed by atoms with Crippen molar-refractivity contribution in [1.29, 1.82) is 0 Å². The van der Waals surface area contributed by atoms with Crippen molar-refractivity contribution in [3.63, 3.8) is 0 Å². The molecule has 0 radical (unpaired) electrons. The number of aromatic nitrogens is 4. The standard InChI is InChI=1S/C23H28N6O2/c24-17-5-7-18(8-6-17)29-12-21(27-28-29)23(30)26-22-14-31-13-16(22)11-15-9-10-25-20-4-2-1-3-19(15)20/h1-4,9-10,12,16-18,22H,5-8,11,13-14,24H2,(H,26,30)/t16-,17?,18?,22+/m1/s1. The number of hydrogen-bond acceptors (Lipinski definition) is 6. The van der Waals surface area contributed by atoms with Crippen LogP contribution >= 0.6 is 0 Å². The first-order valence-corrected chi connectivity index (χ1v) is 11.1. The monoisotopic (exact) mass is 420 g/mol. The lowest BCUT2D eigenvalue weighted by Crippen LogP contribution is -2.40. The molecule has 1 saturated carbocycles. The number of amides is 1. The Kier molecular flexibility index (Phi) is 5.65. The van der Waals surface area contributed by atoms with Gasteiger partial charge in [0, 0.05) is 23.5 Å². The third kappa shape index (κ3) is 4.31. The van der Waals surface area contributed by atoms with E-state index >= 15 is 0 Å². The lowest BCUT2D eigenvalue weighted by Gasteiger charge is -2.25. The van der Waals surface area contributed by atoms with Crippen LogP contribution in [0.2, 0.25) is 0 Å². The van der Waals surface area contributed by atoms with Crippen LogP contribution in [0.3, 0.4) is 0 Å². The summed E-state index contributed by atoms with van der Waals surface area (Å²) in [5.41, 5.74) is 8.56. The first-order valence-electron chi connectivity index (χ1n) is 11.1. The minimum atomic E-state index is -0.196. The minimum absolute atomic E-state index is 0.0581. The molecule has 3 aromatic rings. The Balaban J connectivity index is 1.25. The van der Waals surface area contributed by atoms with Gasteiger partial charge >= 0.3 is 0 Å². The summed E-state index contributed by atoms with van der Waals surface area (Å²) in [5.74, 6) is 0.00322. The summed E-state index contributed by atoms with van der Waals surface area (Å²) in [4.78, 5) is 17.3. The first-order chi connectivity index (χ1) is 15.2. The third-order valence-corrected chi connectivity index (χ3v) is 6.59. The number of fused-ring (bicyclic) bond motifs is 1. The first kappa shape index (κ1) is 20.1. The summed E-state index contributed by atoms with van der Waals surface area (Å²) in [6.07, 6.45) is 8.35. The van der Waals surface area contributed by atoms with Crippen molar-refractivity contribution in [2.75, 3.05) is 13.2 Å². The van der Waals surface area contributed by atoms with Crippen LogP contribution in [0.15, 0.2) is 42.7 Å². The molecular formula is C23H28N6O2. The number of para-hydroxylation sites is 1. The number of nitrogens with one attached hydrogen (secondary N) is 1. The average Bonchev–Trinajstić information content (AvgIpc) is 3.45. The maximum atomic E-state index is 12.8. The summed E-state index contributed by atoms with van der Waals surface area (Å²) in [7, 11) is 0. The smallest absolute Gasteiger partial charge is 0.273 e. The molecule has 2 aliphatic rings. The minimum Gasteiger partial charge on any atom is -0.379 e. The fraction of sp³-hybridized carbons (Fsp3) is 0.478. The number of pyridine rings is 1. The quantitative estimate of drug-likeness (QED) is 0.655. The highest BCUT2D eigenvalue weighted by atomic mass is 16.5. The normalized spacial score (nSPS) is 26.2. The zero-order valence-corrected chi connectivity index (χ0v) is 17.5. The van der Waals surface area contributed by atoms with Crippen LogP contribution in [0.5, 0.6) is 0 Å². The molecule has 162 valence electrons. The number of carbonyl (C=O) groups is 1. The molecule has 1 aliphatic carbocycles. The molecule has 8 heteroatoms. The highest BCUT2D eigenvalue weighted by Gasteiger charge is 2.31. The molecule has 0 bridgehead atoms. The highest BCUT2D eigenvalue weighted by molar-refractivity contribution is 5.92. The van der Waals surface area contributed by atoms with Crippen LogP contribution in [-0.4, -0.2) is 51.2 Å². The van der Waals surface area contributed by atoms with Crippen molar-refractivity contribution >= 4 is 16.8 Å². The van der Waals surface area contributed by atoms with E-state index in [0.717, 1.165) is 43.0 Å². The van der Waals surface area contributed by atoms with E-state index in [1.54, 1.807) is 6.20 Å². The molecule has 3 N–H and O–H groups in total. The number of hydrogen-bond donors (Lipinski definition) is 2. The third-order valence-electron chi connectivity index (χ3n) is 6.59. The molecule has 2 fully saturated rings. The Labute approximate surface area is 181 Å².